The van der Waals surface area contributed by atoms with Crippen LogP contribution in [0.5, 0.6) is 0 Å². The smallest absolute Gasteiger partial charge is 0.412 e. The van der Waals surface area contributed by atoms with E-state index in [-0.39, 0.29) is 19.5 Å². The number of rotatable bonds is 12. The minimum Gasteiger partial charge on any atom is -0.412 e. The van der Waals surface area contributed by atoms with Crippen LogP contribution >= 0.6 is 24.4 Å². The summed E-state index contributed by atoms with van der Waals surface area (Å²) in [4.78, 5) is 0. The fraction of sp³-hybridized carbons (Fsp3) is 0.889. The second-order valence-electron chi connectivity index (χ2n) is 6.91. The van der Waals surface area contributed by atoms with Crippen LogP contribution < -0.4 is 10.6 Å². The Morgan fingerprint density at radius 3 is 1.24 bits per heavy atom. The Labute approximate surface area is 191 Å². The molecule has 0 aromatic rings. The molecule has 0 rings (SSSR count). The number of nitrogens with one attached hydrogen (secondary N) is 2. The summed E-state index contributed by atoms with van der Waals surface area (Å²) >= 11 is 18.9. The van der Waals surface area contributed by atoms with Gasteiger partial charge in [0.25, 0.3) is 0 Å². The van der Waals surface area contributed by atoms with Gasteiger partial charge in [-0.1, -0.05) is 74.9 Å². The fourth-order valence-electron chi connectivity index (χ4n) is 2.09. The molecule has 2 N–H and O–H groups in total. The topological polar surface area (TPSA) is 24.1 Å². The molecule has 0 aliphatic carbocycles. The minimum atomic E-state index is 0. The van der Waals surface area contributed by atoms with Crippen LogP contribution in [0.15, 0.2) is 0 Å². The van der Waals surface area contributed by atoms with Gasteiger partial charge in [-0.3, -0.25) is 0 Å². The Kier molecular flexibility index (Phi) is 28.0. The predicted molar refractivity (Wildman–Crippen MR) is 123 cm³/mol. The SMILES string of the molecule is CC(C)CCCCCNC(=S)[S-].CC(C)CCCCCNC(=S)[S-].[Zn+2]. The van der Waals surface area contributed by atoms with Gasteiger partial charge in [0.15, 0.2) is 0 Å². The van der Waals surface area contributed by atoms with E-state index in [0.29, 0.717) is 8.64 Å². The molecule has 2 nitrogen and oxygen atoms in total. The second-order valence-corrected chi connectivity index (χ2v) is 9.06. The van der Waals surface area contributed by atoms with Crippen molar-refractivity contribution >= 4 is 58.3 Å². The Hall–Kier alpha value is 0.843. The molecule has 0 aromatic heterocycles. The van der Waals surface area contributed by atoms with E-state index in [1.807, 2.05) is 0 Å². The zero-order valence-corrected chi connectivity index (χ0v) is 22.8. The van der Waals surface area contributed by atoms with Crippen molar-refractivity contribution in [2.75, 3.05) is 13.1 Å². The van der Waals surface area contributed by atoms with Gasteiger partial charge in [-0.05, 0) is 24.7 Å². The molecule has 0 fully saturated rings. The van der Waals surface area contributed by atoms with E-state index in [1.165, 1.54) is 51.4 Å². The van der Waals surface area contributed by atoms with Gasteiger partial charge < -0.3 is 60.3 Å². The maximum absolute atomic E-state index is 4.72. The third-order valence-corrected chi connectivity index (χ3v) is 4.03. The first-order valence-corrected chi connectivity index (χ1v) is 10.8. The van der Waals surface area contributed by atoms with Gasteiger partial charge in [-0.2, -0.15) is 0 Å². The maximum atomic E-state index is 4.72. The van der Waals surface area contributed by atoms with Crippen LogP contribution in [0, 0.1) is 11.8 Å². The van der Waals surface area contributed by atoms with E-state index >= 15 is 0 Å². The summed E-state index contributed by atoms with van der Waals surface area (Å²) in [5.41, 5.74) is 0. The molecule has 0 amide bonds. The standard InChI is InChI=1S/2C9H19NS2.Zn/c2*1-8(2)6-4-3-5-7-10-9(11)12;/h2*8H,3-7H2,1-2H3,(H2,10,11,12);/q;;+2/p-2. The Morgan fingerprint density at radius 1 is 0.680 bits per heavy atom. The molecular formula is C18H36N2S4Zn. The van der Waals surface area contributed by atoms with Gasteiger partial charge in [0.1, 0.15) is 0 Å². The van der Waals surface area contributed by atoms with Gasteiger partial charge in [-0.25, -0.2) is 0 Å². The van der Waals surface area contributed by atoms with Crippen LogP contribution in [0.3, 0.4) is 0 Å². The predicted octanol–water partition coefficient (Wildman–Crippen LogP) is 5.25. The van der Waals surface area contributed by atoms with Crippen LogP contribution in [-0.4, -0.2) is 21.7 Å². The summed E-state index contributed by atoms with van der Waals surface area (Å²) < 4.78 is 0.998. The summed E-state index contributed by atoms with van der Waals surface area (Å²) in [5, 5.41) is 5.96. The zero-order chi connectivity index (χ0) is 18.8. The number of unbranched alkanes of at least 4 members (excludes halogenated alkanes) is 4. The van der Waals surface area contributed by atoms with Crippen molar-refractivity contribution in [1.29, 1.82) is 0 Å². The molecule has 0 saturated carbocycles. The molecule has 7 heteroatoms. The molecule has 0 aromatic carbocycles. The molecule has 0 aliphatic rings. The summed E-state index contributed by atoms with van der Waals surface area (Å²) in [6.07, 6.45) is 10.2. The van der Waals surface area contributed by atoms with Gasteiger partial charge in [0, 0.05) is 13.1 Å². The van der Waals surface area contributed by atoms with E-state index in [1.54, 1.807) is 0 Å². The summed E-state index contributed by atoms with van der Waals surface area (Å²) in [7, 11) is 0. The molecule has 0 spiro atoms. The minimum absolute atomic E-state index is 0. The molecule has 0 saturated heterocycles. The Balaban J connectivity index is -0.000000372. The maximum Gasteiger partial charge on any atom is 2.00 e. The number of thiocarbonyl (C=S) groups is 2. The number of hydrogen-bond acceptors (Lipinski definition) is 4. The molecule has 25 heavy (non-hydrogen) atoms. The molecule has 0 heterocycles. The number of hydrogen-bond donors (Lipinski definition) is 2. The van der Waals surface area contributed by atoms with Crippen molar-refractivity contribution in [2.24, 2.45) is 11.8 Å². The summed E-state index contributed by atoms with van der Waals surface area (Å²) in [6, 6.07) is 0. The van der Waals surface area contributed by atoms with Crippen molar-refractivity contribution in [3.63, 3.8) is 0 Å². The first-order chi connectivity index (χ1) is 11.3. The first kappa shape index (κ1) is 30.6. The van der Waals surface area contributed by atoms with Gasteiger partial charge in [0.2, 0.25) is 0 Å². The molecule has 0 unspecified atom stereocenters. The van der Waals surface area contributed by atoms with Crippen LogP contribution in [0.1, 0.15) is 79.1 Å². The average Bonchev–Trinajstić information content (AvgIpc) is 2.46. The van der Waals surface area contributed by atoms with E-state index in [0.717, 1.165) is 24.9 Å². The summed E-state index contributed by atoms with van der Waals surface area (Å²) in [5.74, 6) is 1.66. The monoisotopic (exact) mass is 472 g/mol. The van der Waals surface area contributed by atoms with Crippen LogP contribution in [0.2, 0.25) is 0 Å². The van der Waals surface area contributed by atoms with Gasteiger partial charge in [-0.15, -0.1) is 0 Å². The largest absolute Gasteiger partial charge is 2.00 e. The summed E-state index contributed by atoms with van der Waals surface area (Å²) in [6.45, 7) is 10.9. The van der Waals surface area contributed by atoms with Crippen LogP contribution in [-0.2, 0) is 44.7 Å². The molecular weight excluding hydrogens is 438 g/mol. The van der Waals surface area contributed by atoms with E-state index in [2.05, 4.69) is 38.3 Å². The molecule has 144 valence electrons. The molecule has 0 radical (unpaired) electrons. The van der Waals surface area contributed by atoms with Crippen molar-refractivity contribution in [3.8, 4) is 0 Å². The van der Waals surface area contributed by atoms with E-state index < -0.39 is 0 Å². The molecule has 0 bridgehead atoms. The Morgan fingerprint density at radius 2 is 1.00 bits per heavy atom. The van der Waals surface area contributed by atoms with Crippen LogP contribution in [0.25, 0.3) is 0 Å². The fourth-order valence-corrected chi connectivity index (χ4v) is 2.50. The first-order valence-electron chi connectivity index (χ1n) is 9.15. The normalized spacial score (nSPS) is 9.84. The van der Waals surface area contributed by atoms with Gasteiger partial charge >= 0.3 is 19.5 Å². The van der Waals surface area contributed by atoms with Crippen molar-refractivity contribution in [3.05, 3.63) is 0 Å². The second kappa shape index (κ2) is 22.9. The Bertz CT molecular complexity index is 283. The van der Waals surface area contributed by atoms with Crippen molar-refractivity contribution < 1.29 is 19.5 Å². The molecule has 0 atom stereocenters. The van der Waals surface area contributed by atoms with Crippen molar-refractivity contribution in [1.82, 2.24) is 10.6 Å². The quantitative estimate of drug-likeness (QED) is 0.174. The average molecular weight is 474 g/mol. The third-order valence-electron chi connectivity index (χ3n) is 3.46. The van der Waals surface area contributed by atoms with Crippen LogP contribution in [0.4, 0.5) is 0 Å². The van der Waals surface area contributed by atoms with Gasteiger partial charge in [0.05, 0.1) is 0 Å². The third kappa shape index (κ3) is 36.5. The van der Waals surface area contributed by atoms with E-state index in [9.17, 15) is 0 Å². The zero-order valence-electron chi connectivity index (χ0n) is 16.6. The van der Waals surface area contributed by atoms with E-state index in [4.69, 9.17) is 49.7 Å². The molecule has 0 aliphatic heterocycles. The van der Waals surface area contributed by atoms with Crippen molar-refractivity contribution in [2.45, 2.75) is 79.1 Å².